The summed E-state index contributed by atoms with van der Waals surface area (Å²) >= 11 is 0. The van der Waals surface area contributed by atoms with Gasteiger partial charge >= 0.3 is 0 Å². The lowest BCUT2D eigenvalue weighted by Gasteiger charge is -2.19. The van der Waals surface area contributed by atoms with Gasteiger partial charge in [-0.2, -0.15) is 0 Å². The van der Waals surface area contributed by atoms with Gasteiger partial charge in [0, 0.05) is 18.0 Å². The van der Waals surface area contributed by atoms with Crippen molar-refractivity contribution in [3.8, 4) is 39.9 Å². The van der Waals surface area contributed by atoms with Crippen LogP contribution in [0.4, 0.5) is 5.82 Å². The summed E-state index contributed by atoms with van der Waals surface area (Å²) in [6.45, 7) is 0. The first kappa shape index (κ1) is 25.4. The third-order valence-corrected chi connectivity index (χ3v) is 6.14. The molecule has 0 radical (unpaired) electrons. The predicted octanol–water partition coefficient (Wildman–Crippen LogP) is 4.50. The van der Waals surface area contributed by atoms with Crippen LogP contribution in [0.1, 0.15) is 10.4 Å². The number of carbonyl (C=O) groups excluding carboxylic acids is 1. The predicted molar refractivity (Wildman–Crippen MR) is 142 cm³/mol. The number of fused-ring (bicyclic) bond motifs is 1. The maximum Gasteiger partial charge on any atom is 0.257 e. The molecule has 1 aromatic heterocycles. The van der Waals surface area contributed by atoms with Crippen LogP contribution in [0.2, 0.25) is 0 Å². The van der Waals surface area contributed by atoms with Crippen LogP contribution < -0.4 is 34.4 Å². The number of para-hydroxylation sites is 1. The second-order valence-corrected chi connectivity index (χ2v) is 8.07. The lowest BCUT2D eigenvalue weighted by molar-refractivity contribution is 0.102. The van der Waals surface area contributed by atoms with E-state index in [0.29, 0.717) is 56.6 Å². The Morgan fingerprint density at radius 1 is 0.757 bits per heavy atom. The number of rotatable bonds is 8. The Labute approximate surface area is 214 Å². The number of benzene rings is 3. The van der Waals surface area contributed by atoms with Crippen LogP contribution in [0, 0.1) is 0 Å². The highest BCUT2D eigenvalue weighted by molar-refractivity contribution is 6.07. The number of hydrogen-bond donors (Lipinski definition) is 1. The highest BCUT2D eigenvalue weighted by Crippen LogP contribution is 2.39. The summed E-state index contributed by atoms with van der Waals surface area (Å²) < 4.78 is 28.7. The van der Waals surface area contributed by atoms with Crippen molar-refractivity contribution < 1.29 is 28.5 Å². The second-order valence-electron chi connectivity index (χ2n) is 8.07. The van der Waals surface area contributed by atoms with E-state index in [1.807, 2.05) is 12.1 Å². The fraction of sp³-hybridized carbons (Fsp3) is 0.214. The molecule has 0 bridgehead atoms. The van der Waals surface area contributed by atoms with Crippen LogP contribution in [0.25, 0.3) is 22.0 Å². The third-order valence-electron chi connectivity index (χ3n) is 6.14. The number of ether oxygens (including phenoxy) is 5. The lowest BCUT2D eigenvalue weighted by Crippen LogP contribution is -2.21. The molecule has 1 heterocycles. The van der Waals surface area contributed by atoms with Gasteiger partial charge in [0.1, 0.15) is 5.82 Å². The molecule has 0 atom stereocenters. The molecule has 0 aliphatic rings. The Kier molecular flexibility index (Phi) is 7.24. The summed E-state index contributed by atoms with van der Waals surface area (Å²) in [6, 6.07) is 15.5. The Hall–Kier alpha value is -4.66. The minimum atomic E-state index is -0.466. The molecule has 1 N–H and O–H groups in total. The first-order valence-electron chi connectivity index (χ1n) is 11.3. The summed E-state index contributed by atoms with van der Waals surface area (Å²) in [5.41, 5.74) is 1.55. The molecule has 0 fully saturated rings. The number of nitrogens with one attached hydrogen (secondary N) is 1. The van der Waals surface area contributed by atoms with Crippen LogP contribution in [0.5, 0.6) is 28.7 Å². The number of aryl methyl sites for hydroxylation is 1. The number of pyridine rings is 1. The van der Waals surface area contributed by atoms with Gasteiger partial charge in [-0.1, -0.05) is 18.2 Å². The van der Waals surface area contributed by atoms with E-state index < -0.39 is 5.91 Å². The monoisotopic (exact) mass is 504 g/mol. The van der Waals surface area contributed by atoms with Crippen molar-refractivity contribution in [3.63, 3.8) is 0 Å². The zero-order chi connectivity index (χ0) is 26.7. The van der Waals surface area contributed by atoms with Crippen LogP contribution in [0.3, 0.4) is 0 Å². The largest absolute Gasteiger partial charge is 0.493 e. The first-order chi connectivity index (χ1) is 17.9. The van der Waals surface area contributed by atoms with Crippen molar-refractivity contribution >= 4 is 22.6 Å². The van der Waals surface area contributed by atoms with Gasteiger partial charge in [-0.25, -0.2) is 0 Å². The van der Waals surface area contributed by atoms with Gasteiger partial charge < -0.3 is 33.6 Å². The smallest absolute Gasteiger partial charge is 0.257 e. The standard InChI is InChI=1S/C28H28N2O7/c1-30-19-10-8-7-9-18(19)25(31)24(16-11-12-20(33-2)21(13-16)34-3)27(30)29-28(32)17-14-22(35-4)26(37-6)23(15-17)36-5/h7-15H,1-6H3,(H,29,32). The van der Waals surface area contributed by atoms with E-state index in [0.717, 1.165) is 0 Å². The van der Waals surface area contributed by atoms with Gasteiger partial charge in [0.2, 0.25) is 5.75 Å². The van der Waals surface area contributed by atoms with E-state index >= 15 is 0 Å². The maximum atomic E-state index is 13.8. The minimum absolute atomic E-state index is 0.235. The fourth-order valence-corrected chi connectivity index (χ4v) is 4.29. The van der Waals surface area contributed by atoms with Crippen LogP contribution >= 0.6 is 0 Å². The number of amides is 1. The topological polar surface area (TPSA) is 97.3 Å². The van der Waals surface area contributed by atoms with Crippen molar-refractivity contribution in [2.24, 2.45) is 7.05 Å². The summed E-state index contributed by atoms with van der Waals surface area (Å²) in [7, 11) is 9.28. The van der Waals surface area contributed by atoms with Crippen molar-refractivity contribution in [3.05, 3.63) is 70.4 Å². The van der Waals surface area contributed by atoms with E-state index in [2.05, 4.69) is 5.32 Å². The lowest BCUT2D eigenvalue weighted by atomic mass is 10.0. The van der Waals surface area contributed by atoms with E-state index in [9.17, 15) is 9.59 Å². The summed E-state index contributed by atoms with van der Waals surface area (Å²) in [5, 5.41) is 3.45. The van der Waals surface area contributed by atoms with E-state index in [4.69, 9.17) is 23.7 Å². The number of methoxy groups -OCH3 is 5. The van der Waals surface area contributed by atoms with Gasteiger partial charge in [-0.3, -0.25) is 9.59 Å². The molecule has 4 rings (SSSR count). The molecule has 3 aromatic carbocycles. The van der Waals surface area contributed by atoms with Gasteiger partial charge in [0.25, 0.3) is 5.91 Å². The summed E-state index contributed by atoms with van der Waals surface area (Å²) in [6.07, 6.45) is 0. The molecule has 0 saturated heterocycles. The number of nitrogens with zero attached hydrogens (tertiary/aromatic N) is 1. The summed E-state index contributed by atoms with van der Waals surface area (Å²) in [4.78, 5) is 27.3. The molecule has 0 spiro atoms. The van der Waals surface area contributed by atoms with E-state index in [1.165, 1.54) is 35.5 Å². The maximum absolute atomic E-state index is 13.8. The van der Waals surface area contributed by atoms with Gasteiger partial charge in [-0.05, 0) is 42.0 Å². The molecule has 0 unspecified atom stereocenters. The Balaban J connectivity index is 1.93. The molecular formula is C28H28N2O7. The van der Waals surface area contributed by atoms with Crippen LogP contribution in [-0.4, -0.2) is 46.0 Å². The van der Waals surface area contributed by atoms with Gasteiger partial charge in [0.05, 0.1) is 46.6 Å². The normalized spacial score (nSPS) is 10.6. The Morgan fingerprint density at radius 3 is 1.97 bits per heavy atom. The average Bonchev–Trinajstić information content (AvgIpc) is 2.94. The molecule has 1 amide bonds. The molecule has 0 saturated carbocycles. The van der Waals surface area contributed by atoms with Crippen molar-refractivity contribution in [2.75, 3.05) is 40.9 Å². The highest BCUT2D eigenvalue weighted by atomic mass is 16.5. The zero-order valence-electron chi connectivity index (χ0n) is 21.5. The minimum Gasteiger partial charge on any atom is -0.493 e. The molecular weight excluding hydrogens is 476 g/mol. The number of anilines is 1. The molecule has 9 nitrogen and oxygen atoms in total. The third kappa shape index (κ3) is 4.51. The molecule has 37 heavy (non-hydrogen) atoms. The number of carbonyl (C=O) groups is 1. The quantitative estimate of drug-likeness (QED) is 0.377. The van der Waals surface area contributed by atoms with Gasteiger partial charge in [-0.15, -0.1) is 0 Å². The molecule has 0 aliphatic heterocycles. The SMILES string of the molecule is COc1ccc(-c2c(NC(=O)c3cc(OC)c(OC)c(OC)c3)n(C)c3ccccc3c2=O)cc1OC. The van der Waals surface area contributed by atoms with E-state index in [1.54, 1.807) is 54.1 Å². The van der Waals surface area contributed by atoms with Crippen LogP contribution in [-0.2, 0) is 7.05 Å². The molecule has 4 aromatic rings. The fourth-order valence-electron chi connectivity index (χ4n) is 4.29. The van der Waals surface area contributed by atoms with Crippen molar-refractivity contribution in [1.82, 2.24) is 4.57 Å². The second kappa shape index (κ2) is 10.5. The average molecular weight is 505 g/mol. The Bertz CT molecular complexity index is 1520. The zero-order valence-corrected chi connectivity index (χ0v) is 21.5. The molecule has 192 valence electrons. The number of hydrogen-bond acceptors (Lipinski definition) is 7. The molecule has 0 aliphatic carbocycles. The number of aromatic nitrogens is 1. The first-order valence-corrected chi connectivity index (χ1v) is 11.3. The van der Waals surface area contributed by atoms with Crippen molar-refractivity contribution in [1.29, 1.82) is 0 Å². The highest BCUT2D eigenvalue weighted by Gasteiger charge is 2.22. The molecule has 9 heteroatoms. The Morgan fingerprint density at radius 2 is 1.38 bits per heavy atom. The van der Waals surface area contributed by atoms with Crippen LogP contribution in [0.15, 0.2) is 59.4 Å². The van der Waals surface area contributed by atoms with Gasteiger partial charge in [0.15, 0.2) is 28.4 Å². The van der Waals surface area contributed by atoms with E-state index in [-0.39, 0.29) is 11.0 Å². The van der Waals surface area contributed by atoms with Crippen molar-refractivity contribution in [2.45, 2.75) is 0 Å². The summed E-state index contributed by atoms with van der Waals surface area (Å²) in [5.74, 6) is 1.86.